The van der Waals surface area contributed by atoms with Crippen molar-refractivity contribution in [3.63, 3.8) is 0 Å². The fourth-order valence-corrected chi connectivity index (χ4v) is 9.04. The van der Waals surface area contributed by atoms with Crippen LogP contribution in [0.15, 0.2) is 108 Å². The van der Waals surface area contributed by atoms with Gasteiger partial charge in [-0.25, -0.2) is 0 Å². The Kier molecular flexibility index (Phi) is 22.1. The fraction of sp³-hybridized carbons (Fsp3) is 0.458. The molecule has 304 valence electrons. The first kappa shape index (κ1) is 46.8. The summed E-state index contributed by atoms with van der Waals surface area (Å²) < 4.78 is 4.50. The van der Waals surface area contributed by atoms with Crippen molar-refractivity contribution in [1.29, 1.82) is 0 Å². The summed E-state index contributed by atoms with van der Waals surface area (Å²) in [5.74, 6) is 2.36. The number of hydrogen-bond donors (Lipinski definition) is 0. The third kappa shape index (κ3) is 18.6. The van der Waals surface area contributed by atoms with Gasteiger partial charge in [-0.15, -0.1) is 0 Å². The lowest BCUT2D eigenvalue weighted by atomic mass is 10.1. The van der Waals surface area contributed by atoms with E-state index >= 15 is 0 Å². The van der Waals surface area contributed by atoms with Crippen LogP contribution in [-0.2, 0) is 6.54 Å². The molecule has 3 rings (SSSR count). The molecular weight excluding hydrogens is 725 g/mol. The molecule has 56 heavy (non-hydrogen) atoms. The molecule has 3 aromatic rings. The quantitative estimate of drug-likeness (QED) is 0.0191. The van der Waals surface area contributed by atoms with Gasteiger partial charge in [0.2, 0.25) is 5.69 Å². The molecule has 0 saturated heterocycles. The van der Waals surface area contributed by atoms with Gasteiger partial charge in [0.15, 0.2) is 12.7 Å². The number of aryl methyl sites for hydroxylation is 1. The second kappa shape index (κ2) is 26.4. The molecule has 0 amide bonds. The number of allylic oxidation sites excluding steroid dienone is 5. The molecule has 0 radical (unpaired) electrons. The first-order valence-corrected chi connectivity index (χ1v) is 23.3. The first-order valence-electron chi connectivity index (χ1n) is 20.8. The molecule has 0 aliphatic heterocycles. The van der Waals surface area contributed by atoms with Crippen molar-refractivity contribution in [2.24, 2.45) is 4.99 Å². The third-order valence-corrected chi connectivity index (χ3v) is 12.6. The van der Waals surface area contributed by atoms with E-state index in [9.17, 15) is 0 Å². The van der Waals surface area contributed by atoms with E-state index in [1.165, 1.54) is 59.3 Å². The standard InChI is InChI=1S/C48H73N6S2/c1-9-50(10-2)47-30-24-44(25-31-47)22-16-14-13-15-18-34-49-35-20-38-53(5,6)40-42-55-56-43-41-54(7,8)39-21-37-52-36-19-17-23-46(52)29-26-45-27-32-48(33-28-45)51(11-3)12-4/h13-19,22-34,36H,9-12,20-21,35,37-43H2,1-8H3/q+3/b14-13+,18-15-,22-16+,49-34?. The zero-order valence-electron chi connectivity index (χ0n) is 36.0. The summed E-state index contributed by atoms with van der Waals surface area (Å²) in [6, 6.07) is 24.2. The minimum atomic E-state index is 0.876. The van der Waals surface area contributed by atoms with Crippen molar-refractivity contribution in [2.45, 2.75) is 47.1 Å². The highest BCUT2D eigenvalue weighted by atomic mass is 33.1. The zero-order chi connectivity index (χ0) is 40.5. The largest absolute Gasteiger partial charge is 0.372 e. The summed E-state index contributed by atoms with van der Waals surface area (Å²) in [5.41, 5.74) is 6.27. The van der Waals surface area contributed by atoms with Crippen molar-refractivity contribution < 1.29 is 13.5 Å². The van der Waals surface area contributed by atoms with E-state index in [1.54, 1.807) is 0 Å². The Labute approximate surface area is 350 Å². The lowest BCUT2D eigenvalue weighted by Gasteiger charge is -2.30. The number of pyridine rings is 1. The number of quaternary nitrogens is 2. The maximum absolute atomic E-state index is 4.60. The van der Waals surface area contributed by atoms with Crippen LogP contribution in [0, 0.1) is 0 Å². The SMILES string of the molecule is CCN(CC)c1ccc(/C=C/C=C/C=C\C=NCCC[N+](C)(C)CCSSCC[N+](C)(C)CCC[n+]2ccccc2/C=C/c2ccc(N(CC)CC)cc2)cc1. The predicted octanol–water partition coefficient (Wildman–Crippen LogP) is 10.0. The summed E-state index contributed by atoms with van der Waals surface area (Å²) in [6.45, 7) is 19.5. The average molecular weight is 798 g/mol. The monoisotopic (exact) mass is 798 g/mol. The Morgan fingerprint density at radius 2 is 1.09 bits per heavy atom. The molecule has 8 heteroatoms. The van der Waals surface area contributed by atoms with Crippen LogP contribution in [-0.4, -0.2) is 114 Å². The molecule has 0 saturated carbocycles. The smallest absolute Gasteiger partial charge is 0.205 e. The van der Waals surface area contributed by atoms with E-state index in [1.807, 2.05) is 40.0 Å². The van der Waals surface area contributed by atoms with Gasteiger partial charge in [0.25, 0.3) is 0 Å². The van der Waals surface area contributed by atoms with E-state index < -0.39 is 0 Å². The van der Waals surface area contributed by atoms with Crippen molar-refractivity contribution in [3.05, 3.63) is 120 Å². The van der Waals surface area contributed by atoms with Gasteiger partial charge in [-0.3, -0.25) is 4.99 Å². The highest BCUT2D eigenvalue weighted by molar-refractivity contribution is 8.76. The van der Waals surface area contributed by atoms with Gasteiger partial charge in [-0.2, -0.15) is 4.57 Å². The van der Waals surface area contributed by atoms with Gasteiger partial charge in [0.05, 0.1) is 72.3 Å². The van der Waals surface area contributed by atoms with Crippen molar-refractivity contribution in [2.75, 3.05) is 108 Å². The summed E-state index contributed by atoms with van der Waals surface area (Å²) >= 11 is 0. The molecule has 6 nitrogen and oxygen atoms in total. The summed E-state index contributed by atoms with van der Waals surface area (Å²) in [6.07, 6.45) is 23.3. The number of aromatic nitrogens is 1. The van der Waals surface area contributed by atoms with E-state index in [2.05, 4.69) is 185 Å². The van der Waals surface area contributed by atoms with E-state index in [4.69, 9.17) is 0 Å². The van der Waals surface area contributed by atoms with E-state index in [-0.39, 0.29) is 0 Å². The minimum absolute atomic E-state index is 0.876. The Bertz CT molecular complexity index is 1650. The molecule has 0 spiro atoms. The average Bonchev–Trinajstić information content (AvgIpc) is 3.19. The molecule has 0 N–H and O–H groups in total. The molecule has 0 aliphatic carbocycles. The Morgan fingerprint density at radius 3 is 1.66 bits per heavy atom. The second-order valence-electron chi connectivity index (χ2n) is 15.5. The molecule has 0 unspecified atom stereocenters. The van der Waals surface area contributed by atoms with Gasteiger partial charge in [-0.1, -0.05) is 76.2 Å². The van der Waals surface area contributed by atoms with Crippen molar-refractivity contribution >= 4 is 57.4 Å². The fourth-order valence-electron chi connectivity index (χ4n) is 6.51. The number of hydrogen-bond acceptors (Lipinski definition) is 5. The highest BCUT2D eigenvalue weighted by Crippen LogP contribution is 2.23. The van der Waals surface area contributed by atoms with Gasteiger partial charge < -0.3 is 18.8 Å². The number of anilines is 2. The van der Waals surface area contributed by atoms with Crippen LogP contribution in [0.5, 0.6) is 0 Å². The summed E-state index contributed by atoms with van der Waals surface area (Å²) in [4.78, 5) is 9.34. The lowest BCUT2D eigenvalue weighted by molar-refractivity contribution is -0.890. The molecule has 0 aliphatic rings. The normalized spacial score (nSPS) is 12.7. The number of aliphatic imine (C=N–C) groups is 1. The molecule has 0 fully saturated rings. The van der Waals surface area contributed by atoms with Crippen molar-refractivity contribution in [3.8, 4) is 0 Å². The van der Waals surface area contributed by atoms with Crippen LogP contribution in [0.3, 0.4) is 0 Å². The number of rotatable bonds is 27. The molecule has 0 atom stereocenters. The molecule has 2 aromatic carbocycles. The number of benzene rings is 2. The van der Waals surface area contributed by atoms with Crippen LogP contribution < -0.4 is 14.4 Å². The van der Waals surface area contributed by atoms with Crippen molar-refractivity contribution in [1.82, 2.24) is 0 Å². The van der Waals surface area contributed by atoms with Crippen LogP contribution in [0.25, 0.3) is 18.2 Å². The van der Waals surface area contributed by atoms with Crippen LogP contribution in [0.2, 0.25) is 0 Å². The zero-order valence-corrected chi connectivity index (χ0v) is 37.7. The first-order chi connectivity index (χ1) is 27.1. The van der Waals surface area contributed by atoms with E-state index in [0.717, 1.165) is 67.6 Å². The highest BCUT2D eigenvalue weighted by Gasteiger charge is 2.18. The van der Waals surface area contributed by atoms with E-state index in [0.29, 0.717) is 0 Å². The second-order valence-corrected chi connectivity index (χ2v) is 18.2. The van der Waals surface area contributed by atoms with Crippen LogP contribution >= 0.6 is 21.6 Å². The Hall–Kier alpha value is -3.56. The predicted molar refractivity (Wildman–Crippen MR) is 254 cm³/mol. The maximum atomic E-state index is 4.60. The summed E-state index contributed by atoms with van der Waals surface area (Å²) in [7, 11) is 13.5. The Morgan fingerprint density at radius 1 is 0.571 bits per heavy atom. The molecule has 1 aromatic heterocycles. The summed E-state index contributed by atoms with van der Waals surface area (Å²) in [5, 5.41) is 0. The van der Waals surface area contributed by atoms with Gasteiger partial charge in [0.1, 0.15) is 0 Å². The van der Waals surface area contributed by atoms with Gasteiger partial charge in [-0.05, 0) is 81.3 Å². The topological polar surface area (TPSA) is 22.7 Å². The Balaban J connectivity index is 1.25. The molecule has 0 bridgehead atoms. The minimum Gasteiger partial charge on any atom is -0.372 e. The van der Waals surface area contributed by atoms with Crippen LogP contribution in [0.1, 0.15) is 57.4 Å². The lowest BCUT2D eigenvalue weighted by Crippen LogP contribution is -2.45. The number of nitrogens with zero attached hydrogens (tertiary/aromatic N) is 6. The molecular formula is C48H73N6S2+3. The molecule has 1 heterocycles. The van der Waals surface area contributed by atoms with Gasteiger partial charge in [0, 0.05) is 74.9 Å². The van der Waals surface area contributed by atoms with Gasteiger partial charge >= 0.3 is 0 Å². The maximum Gasteiger partial charge on any atom is 0.205 e. The third-order valence-electron chi connectivity index (χ3n) is 10.2. The van der Waals surface area contributed by atoms with Crippen LogP contribution in [0.4, 0.5) is 11.4 Å².